The van der Waals surface area contributed by atoms with Crippen molar-refractivity contribution < 1.29 is 14.5 Å². The minimum absolute atomic E-state index is 0.0695. The molecule has 0 N–H and O–H groups in total. The second-order valence-corrected chi connectivity index (χ2v) is 7.01. The molecule has 7 nitrogen and oxygen atoms in total. The lowest BCUT2D eigenvalue weighted by molar-refractivity contribution is -0.385. The Morgan fingerprint density at radius 1 is 1.03 bits per heavy atom. The van der Waals surface area contributed by atoms with Crippen molar-refractivity contribution in [3.8, 4) is 5.75 Å². The summed E-state index contributed by atoms with van der Waals surface area (Å²) < 4.78 is 5.19. The number of benzene rings is 3. The summed E-state index contributed by atoms with van der Waals surface area (Å²) in [5.41, 5.74) is 1.38. The van der Waals surface area contributed by atoms with Crippen LogP contribution in [0.3, 0.4) is 0 Å². The maximum atomic E-state index is 13.3. The van der Waals surface area contributed by atoms with E-state index in [1.54, 1.807) is 73.8 Å². The van der Waals surface area contributed by atoms with E-state index < -0.39 is 10.8 Å². The molecule has 0 bridgehead atoms. The Kier molecular flexibility index (Phi) is 5.51. The van der Waals surface area contributed by atoms with Crippen molar-refractivity contribution in [1.82, 2.24) is 0 Å². The van der Waals surface area contributed by atoms with Crippen molar-refractivity contribution in [2.24, 2.45) is 4.99 Å². The number of halogens is 1. The molecule has 0 unspecified atom stereocenters. The number of ether oxygens (including phenoxy) is 1. The van der Waals surface area contributed by atoms with Crippen LogP contribution < -0.4 is 9.64 Å². The topological polar surface area (TPSA) is 85.0 Å². The Balaban J connectivity index is 1.86. The molecule has 1 aliphatic heterocycles. The highest BCUT2D eigenvalue weighted by Crippen LogP contribution is 2.32. The molecule has 0 saturated carbocycles. The molecule has 0 fully saturated rings. The van der Waals surface area contributed by atoms with Gasteiger partial charge in [0.1, 0.15) is 17.3 Å². The molecule has 1 heterocycles. The van der Waals surface area contributed by atoms with Crippen LogP contribution in [-0.2, 0) is 4.79 Å². The maximum Gasteiger partial charge on any atom is 0.282 e. The van der Waals surface area contributed by atoms with E-state index in [1.165, 1.54) is 17.0 Å². The highest BCUT2D eigenvalue weighted by molar-refractivity contribution is 6.39. The molecule has 0 spiro atoms. The van der Waals surface area contributed by atoms with Gasteiger partial charge in [0.25, 0.3) is 11.6 Å². The average Bonchev–Trinajstić information content (AvgIpc) is 3.10. The molecule has 8 heteroatoms. The van der Waals surface area contributed by atoms with E-state index in [-0.39, 0.29) is 16.9 Å². The molecule has 0 aliphatic carbocycles. The fraction of sp³-hybridized carbons (Fsp3) is 0.0435. The Labute approximate surface area is 183 Å². The number of carbonyl (C=O) groups is 1. The van der Waals surface area contributed by atoms with Gasteiger partial charge in [-0.15, -0.1) is 0 Å². The molecule has 0 atom stereocenters. The predicted molar refractivity (Wildman–Crippen MR) is 120 cm³/mol. The molecule has 31 heavy (non-hydrogen) atoms. The van der Waals surface area contributed by atoms with Crippen molar-refractivity contribution in [3.63, 3.8) is 0 Å². The van der Waals surface area contributed by atoms with Gasteiger partial charge in [-0.2, -0.15) is 0 Å². The average molecular weight is 434 g/mol. The Hall–Kier alpha value is -3.97. The van der Waals surface area contributed by atoms with Crippen LogP contribution in [0.15, 0.2) is 83.5 Å². The van der Waals surface area contributed by atoms with Gasteiger partial charge in [-0.25, -0.2) is 4.99 Å². The van der Waals surface area contributed by atoms with Crippen LogP contribution in [-0.4, -0.2) is 23.8 Å². The van der Waals surface area contributed by atoms with Gasteiger partial charge in [-0.3, -0.25) is 19.8 Å². The summed E-state index contributed by atoms with van der Waals surface area (Å²) in [7, 11) is 1.56. The van der Waals surface area contributed by atoms with Crippen molar-refractivity contribution in [3.05, 3.63) is 105 Å². The van der Waals surface area contributed by atoms with Crippen molar-refractivity contribution in [2.75, 3.05) is 12.0 Å². The van der Waals surface area contributed by atoms with Gasteiger partial charge in [0.05, 0.1) is 28.3 Å². The van der Waals surface area contributed by atoms with Gasteiger partial charge < -0.3 is 4.74 Å². The lowest BCUT2D eigenvalue weighted by atomic mass is 10.1. The standard InChI is InChI=1S/C23H16ClN3O4/c1-31-17-12-10-16(11-13-17)26-22(18-7-3-4-8-19(18)24)25-20(23(26)28)14-15-6-2-5-9-21(15)27(29)30/h2-14H,1H3/b20-14+. The van der Waals surface area contributed by atoms with Gasteiger partial charge in [0.15, 0.2) is 0 Å². The highest BCUT2D eigenvalue weighted by Gasteiger charge is 2.33. The quantitative estimate of drug-likeness (QED) is 0.318. The van der Waals surface area contributed by atoms with Crippen molar-refractivity contribution in [1.29, 1.82) is 0 Å². The van der Waals surface area contributed by atoms with E-state index in [9.17, 15) is 14.9 Å². The van der Waals surface area contributed by atoms with Crippen LogP contribution in [0.5, 0.6) is 5.75 Å². The summed E-state index contributed by atoms with van der Waals surface area (Å²) in [4.78, 5) is 30.2. The third-order valence-corrected chi connectivity index (χ3v) is 5.06. The lowest BCUT2D eigenvalue weighted by Gasteiger charge is -2.19. The molecular weight excluding hydrogens is 418 g/mol. The maximum absolute atomic E-state index is 13.3. The van der Waals surface area contributed by atoms with E-state index in [0.717, 1.165) is 0 Å². The summed E-state index contributed by atoms with van der Waals surface area (Å²) >= 11 is 6.38. The van der Waals surface area contributed by atoms with Crippen LogP contribution >= 0.6 is 11.6 Å². The molecule has 1 amide bonds. The summed E-state index contributed by atoms with van der Waals surface area (Å²) in [6.07, 6.45) is 1.42. The molecular formula is C23H16ClN3O4. The first-order valence-corrected chi connectivity index (χ1v) is 9.64. The van der Waals surface area contributed by atoms with E-state index in [4.69, 9.17) is 16.3 Å². The fourth-order valence-electron chi connectivity index (χ4n) is 3.23. The van der Waals surface area contributed by atoms with Gasteiger partial charge in [-0.05, 0) is 48.5 Å². The molecule has 4 rings (SSSR count). The zero-order chi connectivity index (χ0) is 22.0. The van der Waals surface area contributed by atoms with Crippen molar-refractivity contribution in [2.45, 2.75) is 0 Å². The van der Waals surface area contributed by atoms with E-state index in [2.05, 4.69) is 4.99 Å². The predicted octanol–water partition coefficient (Wildman–Crippen LogP) is 5.09. The third kappa shape index (κ3) is 3.91. The number of amides is 1. The van der Waals surface area contributed by atoms with Gasteiger partial charge in [0.2, 0.25) is 0 Å². The van der Waals surface area contributed by atoms with Crippen LogP contribution in [0.25, 0.3) is 6.08 Å². The van der Waals surface area contributed by atoms with Gasteiger partial charge >= 0.3 is 0 Å². The number of aliphatic imine (C=N–C) groups is 1. The minimum Gasteiger partial charge on any atom is -0.497 e. The summed E-state index contributed by atoms with van der Waals surface area (Å²) in [6.45, 7) is 0. The first-order valence-electron chi connectivity index (χ1n) is 9.27. The Morgan fingerprint density at radius 2 is 1.71 bits per heavy atom. The summed E-state index contributed by atoms with van der Waals surface area (Å²) in [6, 6.07) is 20.2. The number of nitro benzene ring substituents is 1. The Morgan fingerprint density at radius 3 is 2.39 bits per heavy atom. The zero-order valence-electron chi connectivity index (χ0n) is 16.4. The molecule has 3 aromatic carbocycles. The highest BCUT2D eigenvalue weighted by atomic mass is 35.5. The monoisotopic (exact) mass is 433 g/mol. The smallest absolute Gasteiger partial charge is 0.282 e. The number of methoxy groups -OCH3 is 1. The molecule has 0 radical (unpaired) electrons. The van der Waals surface area contributed by atoms with Crippen molar-refractivity contribution >= 4 is 40.8 Å². The number of nitro groups is 1. The van der Waals surface area contributed by atoms with Crippen LogP contribution in [0, 0.1) is 10.1 Å². The van der Waals surface area contributed by atoms with E-state index >= 15 is 0 Å². The molecule has 0 saturated heterocycles. The third-order valence-electron chi connectivity index (χ3n) is 4.73. The molecule has 0 aromatic heterocycles. The number of anilines is 1. The van der Waals surface area contributed by atoms with E-state index in [0.29, 0.717) is 27.9 Å². The van der Waals surface area contributed by atoms with Crippen LogP contribution in [0.2, 0.25) is 5.02 Å². The zero-order valence-corrected chi connectivity index (χ0v) is 17.1. The summed E-state index contributed by atoms with van der Waals surface area (Å²) in [5, 5.41) is 11.8. The first kappa shape index (κ1) is 20.3. The number of rotatable bonds is 5. The van der Waals surface area contributed by atoms with E-state index in [1.807, 2.05) is 0 Å². The number of carbonyl (C=O) groups excluding carboxylic acids is 1. The number of amidine groups is 1. The molecule has 3 aromatic rings. The second kappa shape index (κ2) is 8.41. The summed E-state index contributed by atoms with van der Waals surface area (Å²) in [5.74, 6) is 0.561. The number of nitrogens with zero attached hydrogens (tertiary/aromatic N) is 3. The van der Waals surface area contributed by atoms with Gasteiger partial charge in [0, 0.05) is 11.6 Å². The first-order chi connectivity index (χ1) is 15.0. The number of hydrogen-bond acceptors (Lipinski definition) is 5. The second-order valence-electron chi connectivity index (χ2n) is 6.60. The number of para-hydroxylation sites is 1. The normalized spacial score (nSPS) is 14.6. The largest absolute Gasteiger partial charge is 0.497 e. The fourth-order valence-corrected chi connectivity index (χ4v) is 3.45. The molecule has 1 aliphatic rings. The number of hydrogen-bond donors (Lipinski definition) is 0. The lowest BCUT2D eigenvalue weighted by Crippen LogP contribution is -2.32. The van der Waals surface area contributed by atoms with Crippen LogP contribution in [0.4, 0.5) is 11.4 Å². The minimum atomic E-state index is -0.494. The molecule has 154 valence electrons. The van der Waals surface area contributed by atoms with Crippen LogP contribution in [0.1, 0.15) is 11.1 Å². The SMILES string of the molecule is COc1ccc(N2C(=O)/C(=C\c3ccccc3[N+](=O)[O-])N=C2c2ccccc2Cl)cc1. The Bertz CT molecular complexity index is 1240. The van der Waals surface area contributed by atoms with Gasteiger partial charge in [-0.1, -0.05) is 35.9 Å².